The number of nitrogens with zero attached hydrogens (tertiary/aromatic N) is 3. The fourth-order valence-corrected chi connectivity index (χ4v) is 13.7. The Balaban J connectivity index is 1.12. The van der Waals surface area contributed by atoms with Gasteiger partial charge in [-0.05, 0) is 53.6 Å². The van der Waals surface area contributed by atoms with Crippen LogP contribution in [0.2, 0.25) is 0 Å². The maximum atomic E-state index is 5.48. The van der Waals surface area contributed by atoms with E-state index in [0.29, 0.717) is 0 Å². The summed E-state index contributed by atoms with van der Waals surface area (Å²) in [7, 11) is 0. The summed E-state index contributed by atoms with van der Waals surface area (Å²) in [6, 6.07) is 72.8. The van der Waals surface area contributed by atoms with Crippen molar-refractivity contribution in [3.8, 4) is 50.6 Å². The molecule has 0 aliphatic carbocycles. The summed E-state index contributed by atoms with van der Waals surface area (Å²) < 4.78 is 10.2. The van der Waals surface area contributed by atoms with Crippen molar-refractivity contribution in [2.45, 2.75) is 0 Å². The van der Waals surface area contributed by atoms with Crippen molar-refractivity contribution in [2.24, 2.45) is 0 Å². The molecular formula is C58H33N3S3. The van der Waals surface area contributed by atoms with E-state index in [1.54, 1.807) is 11.3 Å². The number of hydrogen-bond acceptors (Lipinski definition) is 5. The Morgan fingerprint density at radius 1 is 0.344 bits per heavy atom. The van der Waals surface area contributed by atoms with Gasteiger partial charge in [-0.2, -0.15) is 0 Å². The summed E-state index contributed by atoms with van der Waals surface area (Å²) in [6.45, 7) is 0. The summed E-state index contributed by atoms with van der Waals surface area (Å²) >= 11 is 5.61. The molecule has 0 aliphatic rings. The van der Waals surface area contributed by atoms with Crippen LogP contribution in [-0.2, 0) is 0 Å². The summed E-state index contributed by atoms with van der Waals surface area (Å²) in [6.07, 6.45) is 0. The smallest absolute Gasteiger partial charge is 0.160 e. The van der Waals surface area contributed by atoms with Crippen LogP contribution in [-0.4, -0.2) is 14.5 Å². The molecule has 0 aliphatic heterocycles. The van der Waals surface area contributed by atoms with Gasteiger partial charge in [0, 0.05) is 83.5 Å². The first-order chi connectivity index (χ1) is 31.7. The third-order valence-corrected chi connectivity index (χ3v) is 16.4. The second-order valence-electron chi connectivity index (χ2n) is 16.4. The van der Waals surface area contributed by atoms with Gasteiger partial charge in [-0.15, -0.1) is 34.0 Å². The Morgan fingerprint density at radius 3 is 1.61 bits per heavy atom. The molecule has 0 bridgehead atoms. The predicted octanol–water partition coefficient (Wildman–Crippen LogP) is 17.3. The van der Waals surface area contributed by atoms with Crippen molar-refractivity contribution in [1.29, 1.82) is 0 Å². The third kappa shape index (κ3) is 5.31. The zero-order valence-corrected chi connectivity index (χ0v) is 36.6. The van der Waals surface area contributed by atoms with E-state index in [1.807, 2.05) is 28.7 Å². The van der Waals surface area contributed by atoms with Gasteiger partial charge < -0.3 is 4.57 Å². The predicted molar refractivity (Wildman–Crippen MR) is 277 cm³/mol. The van der Waals surface area contributed by atoms with Gasteiger partial charge >= 0.3 is 0 Å². The number of benzene rings is 9. The first-order valence-electron chi connectivity index (χ1n) is 21.5. The summed E-state index contributed by atoms with van der Waals surface area (Å²) in [5, 5.41) is 9.03. The second kappa shape index (κ2) is 14.0. The van der Waals surface area contributed by atoms with Crippen LogP contribution in [0.25, 0.3) is 133 Å². The highest BCUT2D eigenvalue weighted by Gasteiger charge is 2.26. The van der Waals surface area contributed by atoms with E-state index in [2.05, 4.69) is 199 Å². The summed E-state index contributed by atoms with van der Waals surface area (Å²) in [5.74, 6) is 0.723. The zero-order chi connectivity index (χ0) is 41.9. The average Bonchev–Trinajstić information content (AvgIpc) is 4.13. The molecule has 0 fully saturated rings. The largest absolute Gasteiger partial charge is 0.308 e. The number of thiophene rings is 3. The molecule has 0 radical (unpaired) electrons. The van der Waals surface area contributed by atoms with Crippen LogP contribution in [0, 0.1) is 0 Å². The van der Waals surface area contributed by atoms with Gasteiger partial charge in [0.25, 0.3) is 0 Å². The van der Waals surface area contributed by atoms with Crippen LogP contribution in [0.3, 0.4) is 0 Å². The lowest BCUT2D eigenvalue weighted by Crippen LogP contribution is -2.02. The number of rotatable bonds is 5. The first-order valence-corrected chi connectivity index (χ1v) is 23.9. The molecule has 0 saturated carbocycles. The van der Waals surface area contributed by atoms with E-state index in [1.165, 1.54) is 66.9 Å². The van der Waals surface area contributed by atoms with Gasteiger partial charge in [-0.3, -0.25) is 0 Å². The molecule has 9 aromatic carbocycles. The molecule has 5 heterocycles. The van der Waals surface area contributed by atoms with Gasteiger partial charge in [0.15, 0.2) is 5.82 Å². The van der Waals surface area contributed by atoms with Crippen molar-refractivity contribution in [3.63, 3.8) is 0 Å². The van der Waals surface area contributed by atoms with E-state index in [4.69, 9.17) is 9.97 Å². The SMILES string of the molecule is c1ccc(-c2nc(-c3cc(-c4ccccc4)c(-n4c5ccccc5c5c6sc7c(ccc8sc9ccccc9c87)c6ccc54)c(-c4ccccc4)c3)c3sc4ccccc4c3n2)cc1. The molecule has 0 spiro atoms. The molecule has 0 N–H and O–H groups in total. The highest BCUT2D eigenvalue weighted by molar-refractivity contribution is 7.30. The fraction of sp³-hybridized carbons (Fsp3) is 0. The van der Waals surface area contributed by atoms with Crippen molar-refractivity contribution >= 4 is 116 Å². The molecule has 5 aromatic heterocycles. The standard InChI is InChI=1S/C58H33N3S3/c1-4-16-34(17-5-1)43-32-37(52-57-53(42-24-12-15-27-48(42)63-57)60-58(59-52)36-20-8-3-9-21-36)33-44(35-18-6-2-7-19-35)54(43)61-45-25-13-10-22-40(45)50-46(61)30-28-38-39-29-31-49-51(56(39)64-55(38)50)41-23-11-14-26-47(41)62-49/h1-33H. The molecule has 0 amide bonds. The number of hydrogen-bond donors (Lipinski definition) is 0. The van der Waals surface area contributed by atoms with E-state index >= 15 is 0 Å². The maximum absolute atomic E-state index is 5.48. The van der Waals surface area contributed by atoms with Crippen LogP contribution < -0.4 is 0 Å². The van der Waals surface area contributed by atoms with E-state index in [9.17, 15) is 0 Å². The maximum Gasteiger partial charge on any atom is 0.160 e. The Kier molecular flexibility index (Phi) is 7.89. The monoisotopic (exact) mass is 867 g/mol. The highest BCUT2D eigenvalue weighted by Crippen LogP contribution is 2.50. The Morgan fingerprint density at radius 2 is 0.906 bits per heavy atom. The second-order valence-corrected chi connectivity index (χ2v) is 19.6. The topological polar surface area (TPSA) is 30.7 Å². The minimum atomic E-state index is 0.723. The average molecular weight is 868 g/mol. The molecule has 298 valence electrons. The molecule has 3 nitrogen and oxygen atoms in total. The first kappa shape index (κ1) is 36.0. The normalized spacial score (nSPS) is 12.1. The van der Waals surface area contributed by atoms with Crippen molar-refractivity contribution in [2.75, 3.05) is 0 Å². The van der Waals surface area contributed by atoms with Gasteiger partial charge in [0.1, 0.15) is 0 Å². The Labute approximate surface area is 379 Å². The number of fused-ring (bicyclic) bond motifs is 14. The Hall–Kier alpha value is -7.48. The molecular weight excluding hydrogens is 835 g/mol. The molecule has 14 rings (SSSR count). The lowest BCUT2D eigenvalue weighted by Gasteiger charge is -2.21. The minimum absolute atomic E-state index is 0.723. The molecule has 14 aromatic rings. The molecule has 64 heavy (non-hydrogen) atoms. The molecule has 0 atom stereocenters. The Bertz CT molecular complexity index is 4120. The van der Waals surface area contributed by atoms with E-state index < -0.39 is 0 Å². The van der Waals surface area contributed by atoms with Crippen LogP contribution >= 0.6 is 34.0 Å². The minimum Gasteiger partial charge on any atom is -0.308 e. The summed E-state index contributed by atoms with van der Waals surface area (Å²) in [4.78, 5) is 10.8. The van der Waals surface area contributed by atoms with Gasteiger partial charge in [0.05, 0.1) is 32.6 Å². The van der Waals surface area contributed by atoms with Crippen molar-refractivity contribution in [3.05, 3.63) is 200 Å². The van der Waals surface area contributed by atoms with E-state index in [-0.39, 0.29) is 0 Å². The third-order valence-electron chi connectivity index (χ3n) is 12.8. The van der Waals surface area contributed by atoms with Gasteiger partial charge in [-0.1, -0.05) is 158 Å². The van der Waals surface area contributed by atoms with Crippen molar-refractivity contribution in [1.82, 2.24) is 14.5 Å². The fourth-order valence-electron chi connectivity index (χ4n) is 9.98. The highest BCUT2D eigenvalue weighted by atomic mass is 32.1. The number of para-hydroxylation sites is 1. The number of aromatic nitrogens is 3. The van der Waals surface area contributed by atoms with Crippen LogP contribution in [0.4, 0.5) is 0 Å². The van der Waals surface area contributed by atoms with Gasteiger partial charge in [0.2, 0.25) is 0 Å². The summed E-state index contributed by atoms with van der Waals surface area (Å²) in [5.41, 5.74) is 12.0. The molecule has 0 saturated heterocycles. The van der Waals surface area contributed by atoms with E-state index in [0.717, 1.165) is 66.2 Å². The lowest BCUT2D eigenvalue weighted by molar-refractivity contribution is 1.18. The quantitative estimate of drug-likeness (QED) is 0.173. The molecule has 0 unspecified atom stereocenters. The zero-order valence-electron chi connectivity index (χ0n) is 34.1. The molecule has 6 heteroatoms. The van der Waals surface area contributed by atoms with Gasteiger partial charge in [-0.25, -0.2) is 9.97 Å². The lowest BCUT2D eigenvalue weighted by atomic mass is 9.91. The van der Waals surface area contributed by atoms with Crippen molar-refractivity contribution < 1.29 is 0 Å². The van der Waals surface area contributed by atoms with Crippen LogP contribution in [0.5, 0.6) is 0 Å². The van der Waals surface area contributed by atoms with Crippen LogP contribution in [0.15, 0.2) is 200 Å². The van der Waals surface area contributed by atoms with Crippen LogP contribution in [0.1, 0.15) is 0 Å².